The minimum Gasteiger partial charge on any atom is -0.347 e. The van der Waals surface area contributed by atoms with E-state index in [4.69, 9.17) is 0 Å². The molecule has 5 rings (SSSR count). The standard InChI is InChI=1S/C30H43N7O/c1-30(11-14-31-26-5-3-2-4-6-26)12-19-36(20-13-30)21-24-7-9-25(10-8-24)29(38)37(22-27-32-15-16-33-27)23-28-34-17-18-35-28/h7-10,15-18,26,31H,2-6,11-14,19-23H2,1H3,(H,32,33)(H,34,35). The first-order valence-electron chi connectivity index (χ1n) is 14.4. The number of amides is 1. The molecule has 1 amide bonds. The van der Waals surface area contributed by atoms with E-state index in [1.165, 1.54) is 56.9 Å². The zero-order chi connectivity index (χ0) is 26.2. The van der Waals surface area contributed by atoms with Crippen LogP contribution < -0.4 is 5.32 Å². The number of rotatable bonds is 11. The number of likely N-dealkylation sites (tertiary alicyclic amines) is 1. The molecule has 0 atom stereocenters. The van der Waals surface area contributed by atoms with Crippen molar-refractivity contribution in [3.63, 3.8) is 0 Å². The number of nitrogens with one attached hydrogen (secondary N) is 3. The first kappa shape index (κ1) is 26.6. The fraction of sp³-hybridized carbons (Fsp3) is 0.567. The molecule has 1 saturated carbocycles. The number of aromatic nitrogens is 4. The minimum atomic E-state index is -0.0278. The second-order valence-electron chi connectivity index (χ2n) is 11.6. The van der Waals surface area contributed by atoms with E-state index in [1.807, 2.05) is 12.1 Å². The molecule has 0 spiro atoms. The number of nitrogens with zero attached hydrogens (tertiary/aromatic N) is 4. The molecule has 1 aromatic carbocycles. The Morgan fingerprint density at radius 1 is 1.00 bits per heavy atom. The highest BCUT2D eigenvalue weighted by Gasteiger charge is 2.30. The Balaban J connectivity index is 1.11. The Kier molecular flexibility index (Phi) is 8.91. The van der Waals surface area contributed by atoms with Crippen LogP contribution in [0.5, 0.6) is 0 Å². The van der Waals surface area contributed by atoms with Crippen molar-refractivity contribution in [2.75, 3.05) is 19.6 Å². The van der Waals surface area contributed by atoms with Gasteiger partial charge in [0.15, 0.2) is 0 Å². The van der Waals surface area contributed by atoms with E-state index in [0.29, 0.717) is 24.1 Å². The highest BCUT2D eigenvalue weighted by Crippen LogP contribution is 2.34. The van der Waals surface area contributed by atoms with E-state index >= 15 is 0 Å². The van der Waals surface area contributed by atoms with Crippen LogP contribution in [0.3, 0.4) is 0 Å². The van der Waals surface area contributed by atoms with Crippen molar-refractivity contribution < 1.29 is 4.79 Å². The van der Waals surface area contributed by atoms with E-state index in [2.05, 4.69) is 49.2 Å². The summed E-state index contributed by atoms with van der Waals surface area (Å²) in [7, 11) is 0. The molecule has 204 valence electrons. The number of benzene rings is 1. The minimum absolute atomic E-state index is 0.0278. The second-order valence-corrected chi connectivity index (χ2v) is 11.6. The molecule has 3 heterocycles. The predicted molar refractivity (Wildman–Crippen MR) is 149 cm³/mol. The maximum absolute atomic E-state index is 13.4. The molecule has 2 aliphatic rings. The van der Waals surface area contributed by atoms with Crippen molar-refractivity contribution in [2.24, 2.45) is 5.41 Å². The van der Waals surface area contributed by atoms with Crippen LogP contribution >= 0.6 is 0 Å². The van der Waals surface area contributed by atoms with E-state index in [-0.39, 0.29) is 5.91 Å². The summed E-state index contributed by atoms with van der Waals surface area (Å²) in [4.78, 5) is 32.5. The Labute approximate surface area is 226 Å². The van der Waals surface area contributed by atoms with E-state index in [0.717, 1.165) is 43.9 Å². The summed E-state index contributed by atoms with van der Waals surface area (Å²) in [5.41, 5.74) is 2.39. The lowest BCUT2D eigenvalue weighted by Crippen LogP contribution is -2.40. The van der Waals surface area contributed by atoms with Gasteiger partial charge in [-0.15, -0.1) is 0 Å². The summed E-state index contributed by atoms with van der Waals surface area (Å²) in [6, 6.07) is 8.88. The zero-order valence-electron chi connectivity index (χ0n) is 22.8. The van der Waals surface area contributed by atoms with Gasteiger partial charge >= 0.3 is 0 Å². The first-order chi connectivity index (χ1) is 18.6. The summed E-state index contributed by atoms with van der Waals surface area (Å²) in [6.07, 6.45) is 17.7. The van der Waals surface area contributed by atoms with Gasteiger partial charge in [-0.3, -0.25) is 9.69 Å². The first-order valence-corrected chi connectivity index (χ1v) is 14.4. The summed E-state index contributed by atoms with van der Waals surface area (Å²) in [5, 5.41) is 3.84. The zero-order valence-corrected chi connectivity index (χ0v) is 22.8. The van der Waals surface area contributed by atoms with Gasteiger partial charge < -0.3 is 20.2 Å². The van der Waals surface area contributed by atoms with Crippen LogP contribution in [-0.4, -0.2) is 61.3 Å². The number of hydrogen-bond acceptors (Lipinski definition) is 5. The number of imidazole rings is 2. The SMILES string of the molecule is CC1(CCNC2CCCCC2)CCN(Cc2ccc(C(=O)N(Cc3ncc[nH]3)Cc3ncc[nH]3)cc2)CC1. The molecule has 8 heteroatoms. The van der Waals surface area contributed by atoms with Gasteiger partial charge in [0.1, 0.15) is 11.6 Å². The molecule has 8 nitrogen and oxygen atoms in total. The van der Waals surface area contributed by atoms with Gasteiger partial charge in [0.2, 0.25) is 0 Å². The predicted octanol–water partition coefficient (Wildman–Crippen LogP) is 4.89. The van der Waals surface area contributed by atoms with Crippen molar-refractivity contribution in [1.82, 2.24) is 35.1 Å². The van der Waals surface area contributed by atoms with Crippen LogP contribution in [0.15, 0.2) is 49.1 Å². The fourth-order valence-electron chi connectivity index (χ4n) is 5.91. The van der Waals surface area contributed by atoms with Crippen LogP contribution in [0, 0.1) is 5.41 Å². The summed E-state index contributed by atoms with van der Waals surface area (Å²) in [6.45, 7) is 7.65. The highest BCUT2D eigenvalue weighted by atomic mass is 16.2. The monoisotopic (exact) mass is 517 g/mol. The fourth-order valence-corrected chi connectivity index (χ4v) is 5.91. The third-order valence-electron chi connectivity index (χ3n) is 8.52. The van der Waals surface area contributed by atoms with Crippen molar-refractivity contribution >= 4 is 5.91 Å². The number of hydrogen-bond donors (Lipinski definition) is 3. The average molecular weight is 518 g/mol. The Morgan fingerprint density at radius 3 is 2.21 bits per heavy atom. The molecule has 0 radical (unpaired) electrons. The molecule has 3 N–H and O–H groups in total. The van der Waals surface area contributed by atoms with Crippen LogP contribution in [0.4, 0.5) is 0 Å². The lowest BCUT2D eigenvalue weighted by atomic mass is 9.77. The average Bonchev–Trinajstić information content (AvgIpc) is 3.65. The smallest absolute Gasteiger partial charge is 0.254 e. The third kappa shape index (κ3) is 7.32. The van der Waals surface area contributed by atoms with E-state index < -0.39 is 0 Å². The topological polar surface area (TPSA) is 92.9 Å². The Hall–Kier alpha value is -2.97. The number of aromatic amines is 2. The molecular formula is C30H43N7O. The highest BCUT2D eigenvalue weighted by molar-refractivity contribution is 5.94. The van der Waals surface area contributed by atoms with Crippen LogP contribution in [0.25, 0.3) is 0 Å². The third-order valence-corrected chi connectivity index (χ3v) is 8.52. The molecule has 0 unspecified atom stereocenters. The normalized spacial score (nSPS) is 18.4. The maximum Gasteiger partial charge on any atom is 0.254 e. The summed E-state index contributed by atoms with van der Waals surface area (Å²) in [5.74, 6) is 1.48. The van der Waals surface area contributed by atoms with Gasteiger partial charge in [0, 0.05) is 42.9 Å². The molecule has 3 aromatic rings. The van der Waals surface area contributed by atoms with Gasteiger partial charge in [0.25, 0.3) is 5.91 Å². The summed E-state index contributed by atoms with van der Waals surface area (Å²) < 4.78 is 0. The van der Waals surface area contributed by atoms with Crippen molar-refractivity contribution in [2.45, 2.75) is 84.0 Å². The number of piperidine rings is 1. The number of H-pyrrole nitrogens is 2. The van der Waals surface area contributed by atoms with Crippen LogP contribution in [0.1, 0.15) is 85.9 Å². The quantitative estimate of drug-likeness (QED) is 0.337. The maximum atomic E-state index is 13.4. The molecule has 2 fully saturated rings. The van der Waals surface area contributed by atoms with Crippen molar-refractivity contribution in [1.29, 1.82) is 0 Å². The Morgan fingerprint density at radius 2 is 1.63 bits per heavy atom. The second kappa shape index (κ2) is 12.7. The van der Waals surface area contributed by atoms with E-state index in [9.17, 15) is 4.79 Å². The summed E-state index contributed by atoms with van der Waals surface area (Å²) >= 11 is 0. The van der Waals surface area contributed by atoms with Crippen molar-refractivity contribution in [3.8, 4) is 0 Å². The van der Waals surface area contributed by atoms with E-state index in [1.54, 1.807) is 29.7 Å². The molecule has 38 heavy (non-hydrogen) atoms. The molecular weight excluding hydrogens is 474 g/mol. The number of carbonyl (C=O) groups excluding carboxylic acids is 1. The lowest BCUT2D eigenvalue weighted by Gasteiger charge is -2.40. The molecule has 1 saturated heterocycles. The molecule has 0 bridgehead atoms. The van der Waals surface area contributed by atoms with Gasteiger partial charge in [0.05, 0.1) is 13.1 Å². The lowest BCUT2D eigenvalue weighted by molar-refractivity contribution is 0.0721. The van der Waals surface area contributed by atoms with Crippen molar-refractivity contribution in [3.05, 3.63) is 71.8 Å². The van der Waals surface area contributed by atoms with Crippen LogP contribution in [0.2, 0.25) is 0 Å². The van der Waals surface area contributed by atoms with Crippen LogP contribution in [-0.2, 0) is 19.6 Å². The Bertz CT molecular complexity index is 1060. The van der Waals surface area contributed by atoms with Gasteiger partial charge in [-0.25, -0.2) is 9.97 Å². The molecule has 1 aliphatic carbocycles. The van der Waals surface area contributed by atoms with Gasteiger partial charge in [-0.1, -0.05) is 38.3 Å². The van der Waals surface area contributed by atoms with Gasteiger partial charge in [-0.05, 0) is 74.8 Å². The largest absolute Gasteiger partial charge is 0.347 e. The molecule has 1 aliphatic heterocycles. The number of carbonyl (C=O) groups is 1. The van der Waals surface area contributed by atoms with Gasteiger partial charge in [-0.2, -0.15) is 0 Å². The molecule has 2 aromatic heterocycles.